The second-order valence-corrected chi connectivity index (χ2v) is 7.76. The van der Waals surface area contributed by atoms with E-state index < -0.39 is 40.5 Å². The summed E-state index contributed by atoms with van der Waals surface area (Å²) in [7, 11) is 1.17. The fourth-order valence-corrected chi connectivity index (χ4v) is 3.94. The Morgan fingerprint density at radius 2 is 1.60 bits per heavy atom. The fraction of sp³-hybridized carbons (Fsp3) is 0.115. The molecule has 9 heteroatoms. The Morgan fingerprint density at radius 3 is 2.20 bits per heavy atom. The van der Waals surface area contributed by atoms with Gasteiger partial charge in [-0.15, -0.1) is 0 Å². The average Bonchev–Trinajstić information content (AvgIpc) is 2.86. The number of phenolic OH excluding ortho intramolecular Hbond substituents is 3. The number of benzene rings is 3. The molecule has 0 radical (unpaired) electrons. The van der Waals surface area contributed by atoms with E-state index in [2.05, 4.69) is 0 Å². The van der Waals surface area contributed by atoms with Crippen molar-refractivity contribution in [3.63, 3.8) is 0 Å². The zero-order chi connectivity index (χ0) is 25.3. The third-order valence-corrected chi connectivity index (χ3v) is 5.70. The van der Waals surface area contributed by atoms with E-state index in [1.807, 2.05) is 0 Å². The van der Waals surface area contributed by atoms with Crippen molar-refractivity contribution in [2.45, 2.75) is 12.3 Å². The van der Waals surface area contributed by atoms with Crippen LogP contribution in [0.1, 0.15) is 33.8 Å². The largest absolute Gasteiger partial charge is 0.504 e. The molecule has 0 saturated heterocycles. The molecular formula is C26H20O9. The molecule has 0 unspecified atom stereocenters. The lowest BCUT2D eigenvalue weighted by Gasteiger charge is -2.21. The number of esters is 1. The fourth-order valence-electron chi connectivity index (χ4n) is 3.94. The van der Waals surface area contributed by atoms with Crippen molar-refractivity contribution in [3.05, 3.63) is 87.6 Å². The standard InChI is InChI=1S/C26H20O9/c1-34-19(28)11-16(13-7-9-15(10-8-13)26(32)33)20-22(29)24(31)23(30)21-17(27)12-18(35-25(20)21)14-5-3-2-4-6-14/h2-10,12,16,29-31H,11H2,1H3,(H,32,33)/t16-/m0/s1. The van der Waals surface area contributed by atoms with E-state index in [9.17, 15) is 34.8 Å². The second-order valence-electron chi connectivity index (χ2n) is 7.76. The van der Waals surface area contributed by atoms with Crippen LogP contribution < -0.4 is 5.43 Å². The summed E-state index contributed by atoms with van der Waals surface area (Å²) in [5.41, 5.74) is -0.156. The number of ether oxygens (including phenoxy) is 1. The van der Waals surface area contributed by atoms with Gasteiger partial charge in [-0.25, -0.2) is 4.79 Å². The van der Waals surface area contributed by atoms with Gasteiger partial charge in [-0.1, -0.05) is 42.5 Å². The van der Waals surface area contributed by atoms with Gasteiger partial charge in [-0.3, -0.25) is 9.59 Å². The molecule has 178 valence electrons. The van der Waals surface area contributed by atoms with Crippen LogP contribution in [-0.4, -0.2) is 39.5 Å². The minimum Gasteiger partial charge on any atom is -0.504 e. The van der Waals surface area contributed by atoms with Crippen LogP contribution in [0.2, 0.25) is 0 Å². The smallest absolute Gasteiger partial charge is 0.335 e. The van der Waals surface area contributed by atoms with E-state index in [1.165, 1.54) is 31.4 Å². The number of aromatic hydroxyl groups is 3. The van der Waals surface area contributed by atoms with Crippen LogP contribution in [0.5, 0.6) is 17.2 Å². The average molecular weight is 476 g/mol. The van der Waals surface area contributed by atoms with Crippen LogP contribution >= 0.6 is 0 Å². The van der Waals surface area contributed by atoms with Gasteiger partial charge in [0, 0.05) is 23.1 Å². The molecule has 0 bridgehead atoms. The van der Waals surface area contributed by atoms with Gasteiger partial charge in [0.1, 0.15) is 16.7 Å². The molecule has 1 atom stereocenters. The first-order valence-corrected chi connectivity index (χ1v) is 10.4. The molecule has 0 amide bonds. The predicted octanol–water partition coefficient (Wildman–Crippen LogP) is 3.97. The molecule has 4 N–H and O–H groups in total. The summed E-state index contributed by atoms with van der Waals surface area (Å²) in [5, 5.41) is 40.6. The number of hydrogen-bond donors (Lipinski definition) is 4. The predicted molar refractivity (Wildman–Crippen MR) is 125 cm³/mol. The third kappa shape index (κ3) is 4.26. The molecule has 0 saturated carbocycles. The van der Waals surface area contributed by atoms with Crippen molar-refractivity contribution in [1.82, 2.24) is 0 Å². The number of fused-ring (bicyclic) bond motifs is 1. The SMILES string of the molecule is COC(=O)C[C@@H](c1ccc(C(=O)O)cc1)c1c(O)c(O)c(O)c2c(=O)cc(-c3ccccc3)oc12. The topological polar surface area (TPSA) is 154 Å². The van der Waals surface area contributed by atoms with Gasteiger partial charge in [-0.2, -0.15) is 0 Å². The Hall–Kier alpha value is -4.79. The van der Waals surface area contributed by atoms with Crippen LogP contribution in [0, 0.1) is 0 Å². The van der Waals surface area contributed by atoms with Crippen LogP contribution in [0.3, 0.4) is 0 Å². The highest BCUT2D eigenvalue weighted by molar-refractivity contribution is 5.94. The Bertz CT molecular complexity index is 1490. The van der Waals surface area contributed by atoms with Gasteiger partial charge in [0.25, 0.3) is 0 Å². The second kappa shape index (κ2) is 9.22. The number of carboxylic acids is 1. The van der Waals surface area contributed by atoms with Gasteiger partial charge in [0.15, 0.2) is 16.9 Å². The summed E-state index contributed by atoms with van der Waals surface area (Å²) in [6.07, 6.45) is -0.352. The van der Waals surface area contributed by atoms with Crippen LogP contribution in [-0.2, 0) is 9.53 Å². The molecule has 35 heavy (non-hydrogen) atoms. The lowest BCUT2D eigenvalue weighted by atomic mass is 9.85. The van der Waals surface area contributed by atoms with Gasteiger partial charge in [-0.05, 0) is 17.7 Å². The summed E-state index contributed by atoms with van der Waals surface area (Å²) < 4.78 is 10.8. The summed E-state index contributed by atoms with van der Waals surface area (Å²) in [4.78, 5) is 36.6. The first-order chi connectivity index (χ1) is 16.7. The first-order valence-electron chi connectivity index (χ1n) is 10.4. The molecule has 3 aromatic carbocycles. The van der Waals surface area contributed by atoms with Gasteiger partial charge >= 0.3 is 11.9 Å². The molecule has 0 aliphatic heterocycles. The lowest BCUT2D eigenvalue weighted by molar-refractivity contribution is -0.140. The molecule has 4 rings (SSSR count). The van der Waals surface area contributed by atoms with E-state index >= 15 is 0 Å². The number of aromatic carboxylic acids is 1. The molecule has 0 fully saturated rings. The van der Waals surface area contributed by atoms with E-state index in [-0.39, 0.29) is 34.3 Å². The maximum Gasteiger partial charge on any atom is 0.335 e. The van der Waals surface area contributed by atoms with Crippen molar-refractivity contribution in [2.24, 2.45) is 0 Å². The lowest BCUT2D eigenvalue weighted by Crippen LogP contribution is -2.13. The monoisotopic (exact) mass is 476 g/mol. The summed E-state index contributed by atoms with van der Waals surface area (Å²) in [6, 6.07) is 15.3. The van der Waals surface area contributed by atoms with Crippen molar-refractivity contribution in [3.8, 4) is 28.6 Å². The maximum atomic E-state index is 13.0. The summed E-state index contributed by atoms with van der Waals surface area (Å²) in [6.45, 7) is 0. The van der Waals surface area contributed by atoms with Crippen LogP contribution in [0.4, 0.5) is 0 Å². The summed E-state index contributed by atoms with van der Waals surface area (Å²) in [5.74, 6) is -5.36. The molecular weight excluding hydrogens is 456 g/mol. The zero-order valence-electron chi connectivity index (χ0n) is 18.4. The number of methoxy groups -OCH3 is 1. The normalized spacial score (nSPS) is 11.8. The quantitative estimate of drug-likeness (QED) is 0.239. The number of carbonyl (C=O) groups is 2. The molecule has 0 spiro atoms. The maximum absolute atomic E-state index is 13.0. The highest BCUT2D eigenvalue weighted by atomic mass is 16.5. The van der Waals surface area contributed by atoms with E-state index in [4.69, 9.17) is 9.15 Å². The Balaban J connectivity index is 2.06. The van der Waals surface area contributed by atoms with E-state index in [1.54, 1.807) is 30.3 Å². The Morgan fingerprint density at radius 1 is 0.943 bits per heavy atom. The molecule has 0 aliphatic rings. The molecule has 4 aromatic rings. The number of rotatable bonds is 6. The van der Waals surface area contributed by atoms with Crippen molar-refractivity contribution in [2.75, 3.05) is 7.11 Å². The van der Waals surface area contributed by atoms with Gasteiger partial charge < -0.3 is 29.6 Å². The van der Waals surface area contributed by atoms with E-state index in [0.29, 0.717) is 11.1 Å². The van der Waals surface area contributed by atoms with Crippen molar-refractivity contribution in [1.29, 1.82) is 0 Å². The van der Waals surface area contributed by atoms with Crippen LogP contribution in [0.25, 0.3) is 22.3 Å². The minimum atomic E-state index is -1.16. The number of hydrogen-bond acceptors (Lipinski definition) is 8. The van der Waals surface area contributed by atoms with Gasteiger partial charge in [0.2, 0.25) is 5.75 Å². The van der Waals surface area contributed by atoms with E-state index in [0.717, 1.165) is 6.07 Å². The minimum absolute atomic E-state index is 0.00824. The highest BCUT2D eigenvalue weighted by Crippen LogP contribution is 2.49. The van der Waals surface area contributed by atoms with Crippen molar-refractivity contribution >= 4 is 22.9 Å². The van der Waals surface area contributed by atoms with Crippen molar-refractivity contribution < 1.29 is 39.2 Å². The van der Waals surface area contributed by atoms with Gasteiger partial charge in [0.05, 0.1) is 19.1 Å². The number of phenols is 3. The third-order valence-electron chi connectivity index (χ3n) is 5.70. The molecule has 1 aromatic heterocycles. The number of carbonyl (C=O) groups excluding carboxylic acids is 1. The summed E-state index contributed by atoms with van der Waals surface area (Å²) >= 11 is 0. The Labute approximate surface area is 198 Å². The number of carboxylic acid groups (broad SMARTS) is 1. The Kier molecular flexibility index (Phi) is 6.16. The van der Waals surface area contributed by atoms with Crippen LogP contribution in [0.15, 0.2) is 69.9 Å². The molecule has 9 nitrogen and oxygen atoms in total. The zero-order valence-corrected chi connectivity index (χ0v) is 18.4. The molecule has 1 heterocycles. The highest BCUT2D eigenvalue weighted by Gasteiger charge is 2.31. The first kappa shape index (κ1) is 23.4. The molecule has 0 aliphatic carbocycles.